The van der Waals surface area contributed by atoms with Crippen LogP contribution in [0.25, 0.3) is 0 Å². The van der Waals surface area contributed by atoms with Crippen molar-refractivity contribution < 1.29 is 19.0 Å². The Labute approximate surface area is 134 Å². The predicted molar refractivity (Wildman–Crippen MR) is 81.0 cm³/mol. The molecule has 0 N–H and O–H groups in total. The van der Waals surface area contributed by atoms with Crippen LogP contribution in [0.3, 0.4) is 0 Å². The van der Waals surface area contributed by atoms with Gasteiger partial charge in [-0.25, -0.2) is 0 Å². The molecule has 7 nitrogen and oxygen atoms in total. The molecule has 0 amide bonds. The van der Waals surface area contributed by atoms with Crippen LogP contribution in [0, 0.1) is 0 Å². The summed E-state index contributed by atoms with van der Waals surface area (Å²) in [5, 5.41) is 3.89. The number of carbonyl (C=O) groups is 1. The Bertz CT molecular complexity index is 727. The Kier molecular flexibility index (Phi) is 5.16. The lowest BCUT2D eigenvalue weighted by Crippen LogP contribution is -2.25. The Morgan fingerprint density at radius 3 is 2.50 bits per heavy atom. The average Bonchev–Trinajstić information content (AvgIpc) is 2.51. The lowest BCUT2D eigenvalue weighted by Gasteiger charge is -2.10. The van der Waals surface area contributed by atoms with Gasteiger partial charge in [0.2, 0.25) is 0 Å². The topological polar surface area (TPSA) is 79.7 Å². The molecule has 22 heavy (non-hydrogen) atoms. The molecule has 0 aliphatic heterocycles. The van der Waals surface area contributed by atoms with Gasteiger partial charge in [0.15, 0.2) is 12.5 Å². The van der Waals surface area contributed by atoms with Crippen molar-refractivity contribution >= 4 is 21.9 Å². The predicted octanol–water partition coefficient (Wildman–Crippen LogP) is 2.33. The first-order valence-corrected chi connectivity index (χ1v) is 7.01. The number of benzene rings is 1. The van der Waals surface area contributed by atoms with E-state index in [1.807, 2.05) is 0 Å². The summed E-state index contributed by atoms with van der Waals surface area (Å²) in [6.07, 6.45) is 1.36. The highest BCUT2D eigenvalue weighted by Crippen LogP contribution is 2.27. The maximum absolute atomic E-state index is 12.1. The molecule has 0 aliphatic rings. The van der Waals surface area contributed by atoms with Crippen LogP contribution in [-0.4, -0.2) is 22.9 Å². The number of ether oxygens (including phenoxy) is 3. The second kappa shape index (κ2) is 7.08. The van der Waals surface area contributed by atoms with Gasteiger partial charge in [0, 0.05) is 6.92 Å². The second-order valence-electron chi connectivity index (χ2n) is 4.17. The minimum absolute atomic E-state index is 0.186. The van der Waals surface area contributed by atoms with Crippen LogP contribution < -0.4 is 15.0 Å². The SMILES string of the molecule is COc1ccc(Oc2cnn(COC(C)=O)c(=O)c2Br)cc1. The van der Waals surface area contributed by atoms with Crippen LogP contribution in [-0.2, 0) is 16.3 Å². The van der Waals surface area contributed by atoms with Gasteiger partial charge in [-0.15, -0.1) is 0 Å². The molecule has 2 aromatic rings. The van der Waals surface area contributed by atoms with Crippen LogP contribution in [0.15, 0.2) is 39.7 Å². The number of aromatic nitrogens is 2. The average molecular weight is 369 g/mol. The lowest BCUT2D eigenvalue weighted by atomic mass is 10.3. The molecule has 116 valence electrons. The summed E-state index contributed by atoms with van der Waals surface area (Å²) >= 11 is 3.16. The summed E-state index contributed by atoms with van der Waals surface area (Å²) in [5.74, 6) is 0.986. The zero-order chi connectivity index (χ0) is 16.1. The van der Waals surface area contributed by atoms with Crippen molar-refractivity contribution in [3.05, 3.63) is 45.3 Å². The fourth-order valence-corrected chi connectivity index (χ4v) is 1.92. The van der Waals surface area contributed by atoms with Gasteiger partial charge >= 0.3 is 5.97 Å². The minimum Gasteiger partial charge on any atom is -0.497 e. The van der Waals surface area contributed by atoms with Crippen molar-refractivity contribution in [1.29, 1.82) is 0 Å². The van der Waals surface area contributed by atoms with E-state index in [-0.39, 0.29) is 17.0 Å². The molecule has 0 aliphatic carbocycles. The number of methoxy groups -OCH3 is 1. The summed E-state index contributed by atoms with van der Waals surface area (Å²) in [5.41, 5.74) is -0.465. The molecule has 0 atom stereocenters. The third kappa shape index (κ3) is 3.85. The molecule has 0 radical (unpaired) electrons. The fourth-order valence-electron chi connectivity index (χ4n) is 1.54. The van der Waals surface area contributed by atoms with Crippen molar-refractivity contribution in [2.24, 2.45) is 0 Å². The van der Waals surface area contributed by atoms with Crippen LogP contribution >= 0.6 is 15.9 Å². The van der Waals surface area contributed by atoms with Gasteiger partial charge in [0.25, 0.3) is 5.56 Å². The standard InChI is InChI=1S/C14H13BrN2O5/c1-9(18)21-8-17-14(19)13(15)12(7-16-17)22-11-5-3-10(20-2)4-6-11/h3-7H,8H2,1-2H3. The van der Waals surface area contributed by atoms with E-state index in [1.54, 1.807) is 31.4 Å². The monoisotopic (exact) mass is 368 g/mol. The number of esters is 1. The Morgan fingerprint density at radius 1 is 1.27 bits per heavy atom. The number of hydrogen-bond acceptors (Lipinski definition) is 6. The van der Waals surface area contributed by atoms with E-state index in [4.69, 9.17) is 14.2 Å². The van der Waals surface area contributed by atoms with Gasteiger partial charge in [-0.2, -0.15) is 9.78 Å². The number of halogens is 1. The van der Waals surface area contributed by atoms with Crippen LogP contribution in [0.1, 0.15) is 6.92 Å². The quantitative estimate of drug-likeness (QED) is 0.753. The van der Waals surface area contributed by atoms with Crippen molar-refractivity contribution in [3.8, 4) is 17.2 Å². The Hall–Kier alpha value is -2.35. The number of rotatable bonds is 5. The smallest absolute Gasteiger partial charge is 0.304 e. The molecule has 1 heterocycles. The zero-order valence-electron chi connectivity index (χ0n) is 11.9. The normalized spacial score (nSPS) is 10.1. The largest absolute Gasteiger partial charge is 0.497 e. The summed E-state index contributed by atoms with van der Waals surface area (Å²) in [4.78, 5) is 22.8. The van der Waals surface area contributed by atoms with E-state index in [2.05, 4.69) is 21.0 Å². The van der Waals surface area contributed by atoms with Gasteiger partial charge in [0.05, 0.1) is 13.3 Å². The summed E-state index contributed by atoms with van der Waals surface area (Å²) in [6, 6.07) is 6.88. The van der Waals surface area contributed by atoms with Crippen molar-refractivity contribution in [3.63, 3.8) is 0 Å². The van der Waals surface area contributed by atoms with Crippen molar-refractivity contribution in [2.75, 3.05) is 7.11 Å². The zero-order valence-corrected chi connectivity index (χ0v) is 13.5. The molecule has 0 saturated carbocycles. The first kappa shape index (κ1) is 16.0. The van der Waals surface area contributed by atoms with Crippen LogP contribution in [0.4, 0.5) is 0 Å². The maximum atomic E-state index is 12.1. The molecule has 1 aromatic heterocycles. The second-order valence-corrected chi connectivity index (χ2v) is 4.96. The molecule has 0 fully saturated rings. The summed E-state index contributed by atoms with van der Waals surface area (Å²) < 4.78 is 16.6. The molecule has 1 aromatic carbocycles. The Morgan fingerprint density at radius 2 is 1.91 bits per heavy atom. The highest BCUT2D eigenvalue weighted by molar-refractivity contribution is 9.10. The molecular formula is C14H13BrN2O5. The molecule has 0 unspecified atom stereocenters. The Balaban J connectivity index is 2.19. The van der Waals surface area contributed by atoms with Gasteiger partial charge in [0.1, 0.15) is 16.0 Å². The highest BCUT2D eigenvalue weighted by atomic mass is 79.9. The van der Waals surface area contributed by atoms with Crippen LogP contribution in [0.2, 0.25) is 0 Å². The molecule has 0 bridgehead atoms. The van der Waals surface area contributed by atoms with Crippen LogP contribution in [0.5, 0.6) is 17.2 Å². The molecule has 0 saturated heterocycles. The molecule has 2 rings (SSSR count). The number of hydrogen-bond donors (Lipinski definition) is 0. The van der Waals surface area contributed by atoms with E-state index in [1.165, 1.54) is 13.1 Å². The van der Waals surface area contributed by atoms with Gasteiger partial charge in [-0.1, -0.05) is 0 Å². The van der Waals surface area contributed by atoms with E-state index in [0.717, 1.165) is 4.68 Å². The first-order chi connectivity index (χ1) is 10.5. The van der Waals surface area contributed by atoms with Gasteiger partial charge < -0.3 is 14.2 Å². The lowest BCUT2D eigenvalue weighted by molar-refractivity contribution is -0.145. The molecular weight excluding hydrogens is 356 g/mol. The molecule has 0 spiro atoms. The van der Waals surface area contributed by atoms with E-state index < -0.39 is 11.5 Å². The third-order valence-electron chi connectivity index (χ3n) is 2.63. The van der Waals surface area contributed by atoms with Gasteiger partial charge in [-0.05, 0) is 40.2 Å². The summed E-state index contributed by atoms with van der Waals surface area (Å²) in [6.45, 7) is 0.997. The van der Waals surface area contributed by atoms with Gasteiger partial charge in [-0.3, -0.25) is 9.59 Å². The molecule has 8 heteroatoms. The number of carbonyl (C=O) groups excluding carboxylic acids is 1. The van der Waals surface area contributed by atoms with Crippen molar-refractivity contribution in [2.45, 2.75) is 13.7 Å². The fraction of sp³-hybridized carbons (Fsp3) is 0.214. The third-order valence-corrected chi connectivity index (χ3v) is 3.36. The maximum Gasteiger partial charge on any atom is 0.304 e. The summed E-state index contributed by atoms with van der Waals surface area (Å²) in [7, 11) is 1.57. The highest BCUT2D eigenvalue weighted by Gasteiger charge is 2.11. The van der Waals surface area contributed by atoms with E-state index >= 15 is 0 Å². The minimum atomic E-state index is -0.497. The van der Waals surface area contributed by atoms with E-state index in [0.29, 0.717) is 11.5 Å². The first-order valence-electron chi connectivity index (χ1n) is 6.22. The number of nitrogens with zero attached hydrogens (tertiary/aromatic N) is 2. The van der Waals surface area contributed by atoms with Crippen molar-refractivity contribution in [1.82, 2.24) is 9.78 Å². The van der Waals surface area contributed by atoms with E-state index in [9.17, 15) is 9.59 Å².